The van der Waals surface area contributed by atoms with Gasteiger partial charge in [0, 0.05) is 11.3 Å². The van der Waals surface area contributed by atoms with Crippen molar-refractivity contribution in [1.29, 1.82) is 0 Å². The first-order chi connectivity index (χ1) is 12.6. The molecule has 0 radical (unpaired) electrons. The second kappa shape index (κ2) is 7.91. The summed E-state index contributed by atoms with van der Waals surface area (Å²) in [7, 11) is 0. The molecule has 0 saturated carbocycles. The monoisotopic (exact) mass is 377 g/mol. The summed E-state index contributed by atoms with van der Waals surface area (Å²) in [5, 5.41) is 14.7. The Kier molecular flexibility index (Phi) is 5.42. The molecule has 1 heterocycles. The van der Waals surface area contributed by atoms with Gasteiger partial charge in [0.25, 0.3) is 5.91 Å². The van der Waals surface area contributed by atoms with Crippen LogP contribution in [-0.4, -0.2) is 39.0 Å². The van der Waals surface area contributed by atoms with Crippen molar-refractivity contribution in [2.45, 2.75) is 11.8 Å². The average molecular weight is 377 g/mol. The first-order valence-electron chi connectivity index (χ1n) is 7.36. The predicted molar refractivity (Wildman–Crippen MR) is 92.0 cm³/mol. The van der Waals surface area contributed by atoms with Crippen LogP contribution in [0.2, 0.25) is 0 Å². The Labute approximate surface area is 151 Å². The summed E-state index contributed by atoms with van der Waals surface area (Å²) in [6.45, 7) is -2.95. The number of ether oxygens (including phenoxy) is 1. The molecule has 0 aliphatic rings. The van der Waals surface area contributed by atoms with Gasteiger partial charge in [-0.1, -0.05) is 23.9 Å². The smallest absolute Gasteiger partial charge is 0.387 e. The highest BCUT2D eigenvalue weighted by Crippen LogP contribution is 2.20. The third-order valence-electron chi connectivity index (χ3n) is 3.29. The fourth-order valence-corrected chi connectivity index (χ4v) is 2.63. The lowest BCUT2D eigenvalue weighted by atomic mass is 10.2. The van der Waals surface area contributed by atoms with E-state index >= 15 is 0 Å². The maximum Gasteiger partial charge on any atom is 0.387 e. The van der Waals surface area contributed by atoms with Crippen molar-refractivity contribution in [3.8, 4) is 11.4 Å². The van der Waals surface area contributed by atoms with E-state index in [0.717, 1.165) is 0 Å². The van der Waals surface area contributed by atoms with Crippen LogP contribution in [-0.2, 0) is 0 Å². The van der Waals surface area contributed by atoms with Crippen LogP contribution in [0.5, 0.6) is 5.75 Å². The van der Waals surface area contributed by atoms with Gasteiger partial charge in [-0.15, -0.1) is 5.10 Å². The van der Waals surface area contributed by atoms with E-state index in [9.17, 15) is 13.6 Å². The number of hydrogen-bond acceptors (Lipinski definition) is 6. The second-order valence-corrected chi connectivity index (χ2v) is 5.76. The highest BCUT2D eigenvalue weighted by atomic mass is 32.2. The van der Waals surface area contributed by atoms with Crippen LogP contribution >= 0.6 is 11.8 Å². The van der Waals surface area contributed by atoms with E-state index in [1.165, 1.54) is 40.7 Å². The van der Waals surface area contributed by atoms with Crippen LogP contribution in [0.3, 0.4) is 0 Å². The number of tetrazole rings is 1. The molecule has 2 aromatic carbocycles. The molecule has 0 aliphatic carbocycles. The van der Waals surface area contributed by atoms with E-state index < -0.39 is 12.5 Å². The Hall–Kier alpha value is -3.01. The molecule has 7 nitrogen and oxygen atoms in total. The average Bonchev–Trinajstić information content (AvgIpc) is 3.10. The van der Waals surface area contributed by atoms with Crippen LogP contribution in [0.15, 0.2) is 53.7 Å². The van der Waals surface area contributed by atoms with Crippen molar-refractivity contribution in [3.63, 3.8) is 0 Å². The minimum Gasteiger partial charge on any atom is -0.435 e. The lowest BCUT2D eigenvalue weighted by Crippen LogP contribution is -2.13. The number of amides is 1. The number of anilines is 1. The Morgan fingerprint density at radius 1 is 1.23 bits per heavy atom. The molecule has 134 valence electrons. The third-order valence-corrected chi connectivity index (χ3v) is 3.91. The number of hydrogen-bond donors (Lipinski definition) is 1. The van der Waals surface area contributed by atoms with Crippen molar-refractivity contribution in [2.75, 3.05) is 11.6 Å². The summed E-state index contributed by atoms with van der Waals surface area (Å²) < 4.78 is 30.4. The molecule has 0 saturated heterocycles. The van der Waals surface area contributed by atoms with E-state index in [4.69, 9.17) is 0 Å². The SMILES string of the molecule is CSc1nnnn1-c1cccc(NC(=O)c2cccc(OC(F)F)c2)c1. The molecule has 3 aromatic rings. The molecule has 1 amide bonds. The number of thioether (sulfide) groups is 1. The topological polar surface area (TPSA) is 81.9 Å². The normalized spacial score (nSPS) is 10.8. The largest absolute Gasteiger partial charge is 0.435 e. The van der Waals surface area contributed by atoms with E-state index in [0.29, 0.717) is 16.5 Å². The summed E-state index contributed by atoms with van der Waals surface area (Å²) in [6, 6.07) is 12.5. The minimum absolute atomic E-state index is 0.0836. The van der Waals surface area contributed by atoms with Crippen molar-refractivity contribution in [2.24, 2.45) is 0 Å². The zero-order valence-electron chi connectivity index (χ0n) is 13.5. The van der Waals surface area contributed by atoms with Crippen molar-refractivity contribution >= 4 is 23.4 Å². The highest BCUT2D eigenvalue weighted by molar-refractivity contribution is 7.98. The van der Waals surface area contributed by atoms with Gasteiger partial charge in [0.15, 0.2) is 0 Å². The molecule has 0 spiro atoms. The number of alkyl halides is 2. The molecule has 10 heteroatoms. The Morgan fingerprint density at radius 2 is 2.04 bits per heavy atom. The molecule has 0 aliphatic heterocycles. The van der Waals surface area contributed by atoms with Gasteiger partial charge < -0.3 is 10.1 Å². The number of nitrogens with zero attached hydrogens (tertiary/aromatic N) is 4. The predicted octanol–water partition coefficient (Wildman–Crippen LogP) is 3.24. The fraction of sp³-hybridized carbons (Fsp3) is 0.125. The van der Waals surface area contributed by atoms with Crippen LogP contribution in [0, 0.1) is 0 Å². The van der Waals surface area contributed by atoms with Crippen molar-refractivity contribution < 1.29 is 18.3 Å². The highest BCUT2D eigenvalue weighted by Gasteiger charge is 2.11. The number of rotatable bonds is 6. The minimum atomic E-state index is -2.95. The molecule has 1 N–H and O–H groups in total. The van der Waals surface area contributed by atoms with Gasteiger partial charge in [0.05, 0.1) is 5.69 Å². The lowest BCUT2D eigenvalue weighted by molar-refractivity contribution is -0.0498. The molecule has 26 heavy (non-hydrogen) atoms. The van der Waals surface area contributed by atoms with E-state index in [1.807, 2.05) is 6.26 Å². The van der Waals surface area contributed by atoms with Crippen LogP contribution in [0.4, 0.5) is 14.5 Å². The van der Waals surface area contributed by atoms with Gasteiger partial charge in [-0.2, -0.15) is 13.5 Å². The number of nitrogens with one attached hydrogen (secondary N) is 1. The lowest BCUT2D eigenvalue weighted by Gasteiger charge is -2.09. The Bertz CT molecular complexity index is 919. The Balaban J connectivity index is 1.79. The number of benzene rings is 2. The van der Waals surface area contributed by atoms with Crippen LogP contribution in [0.25, 0.3) is 5.69 Å². The van der Waals surface area contributed by atoms with E-state index in [-0.39, 0.29) is 11.3 Å². The maximum absolute atomic E-state index is 12.4. The molecule has 0 bridgehead atoms. The molecule has 0 unspecified atom stereocenters. The van der Waals surface area contributed by atoms with Crippen LogP contribution in [0.1, 0.15) is 10.4 Å². The molecule has 3 rings (SSSR count). The Morgan fingerprint density at radius 3 is 2.81 bits per heavy atom. The third kappa shape index (κ3) is 4.14. The zero-order chi connectivity index (χ0) is 18.5. The van der Waals surface area contributed by atoms with Gasteiger partial charge in [-0.3, -0.25) is 4.79 Å². The number of halogens is 2. The number of carbonyl (C=O) groups excluding carboxylic acids is 1. The number of aromatic nitrogens is 4. The molecule has 1 aromatic heterocycles. The van der Waals surface area contributed by atoms with Gasteiger partial charge in [0.1, 0.15) is 5.75 Å². The summed E-state index contributed by atoms with van der Waals surface area (Å²) in [5.41, 5.74) is 1.38. The van der Waals surface area contributed by atoms with Gasteiger partial charge in [-0.05, 0) is 53.1 Å². The molecular weight excluding hydrogens is 364 g/mol. The van der Waals surface area contributed by atoms with Gasteiger partial charge in [0.2, 0.25) is 5.16 Å². The molecule has 0 atom stereocenters. The molecule has 0 fully saturated rings. The first kappa shape index (κ1) is 17.8. The number of carbonyl (C=O) groups is 1. The maximum atomic E-state index is 12.4. The standard InChI is InChI=1S/C16H13F2N5O2S/c1-26-16-20-21-22-23(16)12-6-3-5-11(9-12)19-14(24)10-4-2-7-13(8-10)25-15(17)18/h2-9,15H,1H3,(H,19,24). The summed E-state index contributed by atoms with van der Waals surface area (Å²) >= 11 is 1.38. The van der Waals surface area contributed by atoms with Crippen molar-refractivity contribution in [3.05, 3.63) is 54.1 Å². The van der Waals surface area contributed by atoms with Crippen molar-refractivity contribution in [1.82, 2.24) is 20.2 Å². The summed E-state index contributed by atoms with van der Waals surface area (Å²) in [4.78, 5) is 12.4. The van der Waals surface area contributed by atoms with E-state index in [1.54, 1.807) is 24.3 Å². The van der Waals surface area contributed by atoms with Crippen LogP contribution < -0.4 is 10.1 Å². The fourth-order valence-electron chi connectivity index (χ4n) is 2.20. The van der Waals surface area contributed by atoms with E-state index in [2.05, 4.69) is 25.6 Å². The second-order valence-electron chi connectivity index (χ2n) is 4.99. The van der Waals surface area contributed by atoms with Gasteiger partial charge >= 0.3 is 6.61 Å². The summed E-state index contributed by atoms with van der Waals surface area (Å²) in [6.07, 6.45) is 1.85. The van der Waals surface area contributed by atoms with Gasteiger partial charge in [-0.25, -0.2) is 0 Å². The zero-order valence-corrected chi connectivity index (χ0v) is 14.3. The summed E-state index contributed by atoms with van der Waals surface area (Å²) in [5.74, 6) is -0.539. The quantitative estimate of drug-likeness (QED) is 0.664. The first-order valence-corrected chi connectivity index (χ1v) is 8.58. The molecular formula is C16H13F2N5O2S.